The van der Waals surface area contributed by atoms with E-state index in [9.17, 15) is 4.79 Å². The summed E-state index contributed by atoms with van der Waals surface area (Å²) in [4.78, 5) is 12.8. The van der Waals surface area contributed by atoms with Gasteiger partial charge in [-0.15, -0.1) is 0 Å². The lowest BCUT2D eigenvalue weighted by molar-refractivity contribution is -0.142. The molecule has 13 heavy (non-hydrogen) atoms. The maximum atomic E-state index is 10.8. The summed E-state index contributed by atoms with van der Waals surface area (Å²) >= 11 is 0. The number of nitrogens with zero attached hydrogens (tertiary/aromatic N) is 1. The van der Waals surface area contributed by atoms with Crippen molar-refractivity contribution < 1.29 is 14.6 Å². The van der Waals surface area contributed by atoms with Crippen molar-refractivity contribution in [3.05, 3.63) is 0 Å². The molecule has 0 saturated carbocycles. The maximum absolute atomic E-state index is 10.8. The zero-order valence-electron chi connectivity index (χ0n) is 7.82. The Morgan fingerprint density at radius 3 is 2.92 bits per heavy atom. The molecule has 0 aromatic heterocycles. The molecule has 1 fully saturated rings. The Kier molecular flexibility index (Phi) is 3.24. The maximum Gasteiger partial charge on any atom is 0.325 e. The zero-order chi connectivity index (χ0) is 9.90. The molecular weight excluding hydrogens is 172 g/mol. The molecule has 0 aromatic carbocycles. The van der Waals surface area contributed by atoms with Crippen molar-refractivity contribution in [1.29, 1.82) is 0 Å². The molecule has 1 rings (SSSR count). The van der Waals surface area contributed by atoms with Gasteiger partial charge in [-0.25, -0.2) is 0 Å². The van der Waals surface area contributed by atoms with Crippen molar-refractivity contribution in [2.45, 2.75) is 12.0 Å². The monoisotopic (exact) mass is 188 g/mol. The van der Waals surface area contributed by atoms with Gasteiger partial charge in [-0.1, -0.05) is 0 Å². The number of nitrogens with two attached hydrogens (primary N) is 1. The number of ether oxygens (including phenoxy) is 1. The smallest absolute Gasteiger partial charge is 0.325 e. The van der Waals surface area contributed by atoms with Crippen LogP contribution in [0.1, 0.15) is 6.42 Å². The third-order valence-corrected chi connectivity index (χ3v) is 2.42. The van der Waals surface area contributed by atoms with E-state index in [4.69, 9.17) is 15.6 Å². The van der Waals surface area contributed by atoms with Crippen LogP contribution < -0.4 is 5.73 Å². The molecule has 0 aromatic rings. The van der Waals surface area contributed by atoms with Gasteiger partial charge in [-0.05, 0) is 6.42 Å². The molecule has 0 spiro atoms. The van der Waals surface area contributed by atoms with E-state index in [0.717, 1.165) is 13.1 Å². The van der Waals surface area contributed by atoms with E-state index in [1.807, 2.05) is 4.90 Å². The number of rotatable bonds is 4. The predicted octanol–water partition coefficient (Wildman–Crippen LogP) is -0.879. The number of aliphatic carboxylic acids is 1. The van der Waals surface area contributed by atoms with Gasteiger partial charge in [0.15, 0.2) is 0 Å². The van der Waals surface area contributed by atoms with E-state index >= 15 is 0 Å². The van der Waals surface area contributed by atoms with Crippen molar-refractivity contribution >= 4 is 5.97 Å². The Bertz CT molecular complexity index is 198. The minimum atomic E-state index is -1.05. The molecule has 1 aliphatic rings. The highest BCUT2D eigenvalue weighted by atomic mass is 16.5. The van der Waals surface area contributed by atoms with Gasteiger partial charge in [0.25, 0.3) is 0 Å². The molecule has 1 atom stereocenters. The molecule has 76 valence electrons. The summed E-state index contributed by atoms with van der Waals surface area (Å²) in [6.07, 6.45) is 0.520. The fourth-order valence-electron chi connectivity index (χ4n) is 1.50. The fraction of sp³-hybridized carbons (Fsp3) is 0.875. The molecule has 1 heterocycles. The minimum absolute atomic E-state index is 0.422. The highest BCUT2D eigenvalue weighted by Crippen LogP contribution is 2.18. The summed E-state index contributed by atoms with van der Waals surface area (Å²) in [5.74, 6) is -0.910. The topological polar surface area (TPSA) is 75.8 Å². The summed E-state index contributed by atoms with van der Waals surface area (Å²) < 4.78 is 4.90. The van der Waals surface area contributed by atoms with Crippen LogP contribution in [-0.4, -0.2) is 54.9 Å². The summed E-state index contributed by atoms with van der Waals surface area (Å²) in [6.45, 7) is 2.54. The summed E-state index contributed by atoms with van der Waals surface area (Å²) in [6, 6.07) is 0. The van der Waals surface area contributed by atoms with Crippen molar-refractivity contribution in [3.63, 3.8) is 0 Å². The normalized spacial score (nSPS) is 29.4. The van der Waals surface area contributed by atoms with E-state index in [1.165, 1.54) is 0 Å². The molecule has 0 bridgehead atoms. The lowest BCUT2D eigenvalue weighted by atomic mass is 10.0. The highest BCUT2D eigenvalue weighted by molar-refractivity contribution is 5.79. The Morgan fingerprint density at radius 1 is 1.77 bits per heavy atom. The highest BCUT2D eigenvalue weighted by Gasteiger charge is 2.40. The van der Waals surface area contributed by atoms with Crippen LogP contribution in [0.25, 0.3) is 0 Å². The largest absolute Gasteiger partial charge is 0.480 e. The lowest BCUT2D eigenvalue weighted by Gasteiger charge is -2.19. The Hall–Kier alpha value is -0.650. The molecule has 0 amide bonds. The van der Waals surface area contributed by atoms with Gasteiger partial charge in [0.05, 0.1) is 6.61 Å². The number of likely N-dealkylation sites (tertiary alicyclic amines) is 1. The summed E-state index contributed by atoms with van der Waals surface area (Å²) in [5, 5.41) is 8.83. The number of carbonyl (C=O) groups is 1. The molecule has 0 aliphatic carbocycles. The first-order chi connectivity index (χ1) is 6.08. The predicted molar refractivity (Wildman–Crippen MR) is 47.5 cm³/mol. The van der Waals surface area contributed by atoms with Crippen molar-refractivity contribution in [3.8, 4) is 0 Å². The van der Waals surface area contributed by atoms with Gasteiger partial charge < -0.3 is 15.6 Å². The van der Waals surface area contributed by atoms with Crippen LogP contribution in [0.2, 0.25) is 0 Å². The van der Waals surface area contributed by atoms with Gasteiger partial charge in [0.2, 0.25) is 0 Å². The minimum Gasteiger partial charge on any atom is -0.480 e. The van der Waals surface area contributed by atoms with Crippen molar-refractivity contribution in [2.75, 3.05) is 33.4 Å². The Labute approximate surface area is 77.5 Å². The standard InChI is InChI=1S/C8H16N2O3/c1-13-5-4-10-3-2-8(9,6-10)7(11)12/h2-6,9H2,1H3,(H,11,12). The third kappa shape index (κ3) is 2.40. The first-order valence-corrected chi connectivity index (χ1v) is 4.32. The number of hydrogen-bond donors (Lipinski definition) is 2. The Balaban J connectivity index is 2.39. The van der Waals surface area contributed by atoms with E-state index in [2.05, 4.69) is 0 Å². The van der Waals surface area contributed by atoms with Gasteiger partial charge in [-0.2, -0.15) is 0 Å². The van der Waals surface area contributed by atoms with Gasteiger partial charge in [0.1, 0.15) is 5.54 Å². The summed E-state index contributed by atoms with van der Waals surface area (Å²) in [5.41, 5.74) is 4.63. The molecule has 1 unspecified atom stereocenters. The van der Waals surface area contributed by atoms with Crippen LogP contribution >= 0.6 is 0 Å². The molecule has 5 heteroatoms. The molecule has 5 nitrogen and oxygen atoms in total. The van der Waals surface area contributed by atoms with Crippen LogP contribution in [0.4, 0.5) is 0 Å². The van der Waals surface area contributed by atoms with E-state index in [-0.39, 0.29) is 0 Å². The third-order valence-electron chi connectivity index (χ3n) is 2.42. The van der Waals surface area contributed by atoms with Crippen LogP contribution in [-0.2, 0) is 9.53 Å². The van der Waals surface area contributed by atoms with Crippen LogP contribution in [0.15, 0.2) is 0 Å². The van der Waals surface area contributed by atoms with Crippen molar-refractivity contribution in [2.24, 2.45) is 5.73 Å². The molecule has 3 N–H and O–H groups in total. The molecule has 1 saturated heterocycles. The Morgan fingerprint density at radius 2 is 2.46 bits per heavy atom. The molecule has 0 radical (unpaired) electrons. The first kappa shape index (κ1) is 10.4. The average molecular weight is 188 g/mol. The van der Waals surface area contributed by atoms with Crippen LogP contribution in [0.3, 0.4) is 0 Å². The van der Waals surface area contributed by atoms with E-state index in [0.29, 0.717) is 19.6 Å². The van der Waals surface area contributed by atoms with E-state index < -0.39 is 11.5 Å². The SMILES string of the molecule is COCCN1CCC(N)(C(=O)O)C1. The lowest BCUT2D eigenvalue weighted by Crippen LogP contribution is -2.50. The number of hydrogen-bond acceptors (Lipinski definition) is 4. The number of methoxy groups -OCH3 is 1. The van der Waals surface area contributed by atoms with Gasteiger partial charge in [-0.3, -0.25) is 9.69 Å². The second kappa shape index (κ2) is 4.04. The average Bonchev–Trinajstić information content (AvgIpc) is 2.45. The van der Waals surface area contributed by atoms with Crippen LogP contribution in [0, 0.1) is 0 Å². The quantitative estimate of drug-likeness (QED) is 0.599. The van der Waals surface area contributed by atoms with Crippen LogP contribution in [0.5, 0.6) is 0 Å². The second-order valence-corrected chi connectivity index (χ2v) is 3.48. The number of carboxylic acids is 1. The zero-order valence-corrected chi connectivity index (χ0v) is 7.82. The number of carboxylic acid groups (broad SMARTS) is 1. The molecular formula is C8H16N2O3. The fourth-order valence-corrected chi connectivity index (χ4v) is 1.50. The van der Waals surface area contributed by atoms with Gasteiger partial charge in [0, 0.05) is 26.7 Å². The molecule has 1 aliphatic heterocycles. The van der Waals surface area contributed by atoms with E-state index in [1.54, 1.807) is 7.11 Å². The first-order valence-electron chi connectivity index (χ1n) is 4.32. The summed E-state index contributed by atoms with van der Waals surface area (Å²) in [7, 11) is 1.63. The van der Waals surface area contributed by atoms with Crippen molar-refractivity contribution in [1.82, 2.24) is 4.90 Å². The second-order valence-electron chi connectivity index (χ2n) is 3.48. The van der Waals surface area contributed by atoms with Gasteiger partial charge >= 0.3 is 5.97 Å².